The molecule has 2 N–H and O–H groups in total. The lowest BCUT2D eigenvalue weighted by molar-refractivity contribution is -0.0535. The Morgan fingerprint density at radius 2 is 1.60 bits per heavy atom. The summed E-state index contributed by atoms with van der Waals surface area (Å²) in [7, 11) is 0. The van der Waals surface area contributed by atoms with Crippen LogP contribution in [-0.2, 0) is 19.5 Å². The lowest BCUT2D eigenvalue weighted by atomic mass is 9.49. The Labute approximate surface area is 121 Å². The van der Waals surface area contributed by atoms with Gasteiger partial charge in [0.2, 0.25) is 0 Å². The molecule has 1 aromatic heterocycles. The van der Waals surface area contributed by atoms with E-state index in [-0.39, 0.29) is 0 Å². The maximum atomic E-state index is 5.78. The number of hydrogen-bond acceptors (Lipinski definition) is 3. The second-order valence-electron chi connectivity index (χ2n) is 7.58. The Balaban J connectivity index is 1.61. The van der Waals surface area contributed by atoms with Crippen LogP contribution in [0.1, 0.15) is 57.1 Å². The highest BCUT2D eigenvalue weighted by molar-refractivity contribution is 5.07. The van der Waals surface area contributed by atoms with Gasteiger partial charge >= 0.3 is 0 Å². The van der Waals surface area contributed by atoms with Crippen LogP contribution < -0.4 is 5.73 Å². The molecular weight excluding hydrogens is 248 g/mol. The van der Waals surface area contributed by atoms with Crippen LogP contribution in [0.15, 0.2) is 0 Å². The molecule has 0 radical (unpaired) electrons. The Kier molecular flexibility index (Phi) is 2.92. The molecule has 0 atom stereocenters. The summed E-state index contributed by atoms with van der Waals surface area (Å²) >= 11 is 0. The molecule has 4 bridgehead atoms. The van der Waals surface area contributed by atoms with Crippen molar-refractivity contribution in [3.05, 3.63) is 11.6 Å². The molecular formula is C16H26N4. The van der Waals surface area contributed by atoms with Gasteiger partial charge in [0.05, 0.1) is 6.54 Å². The predicted molar refractivity (Wildman–Crippen MR) is 77.9 cm³/mol. The molecule has 110 valence electrons. The van der Waals surface area contributed by atoms with Crippen LogP contribution in [0, 0.1) is 23.2 Å². The number of hydrogen-bond donors (Lipinski definition) is 1. The standard InChI is InChI=1S/C16H26N4/c1-2-20-14(18-19-15(20)10-17)9-16-6-11-3-12(7-16)5-13(4-11)8-16/h11-13H,2-10,17H2,1H3. The van der Waals surface area contributed by atoms with Gasteiger partial charge in [0.1, 0.15) is 11.6 Å². The fourth-order valence-electron chi connectivity index (χ4n) is 5.86. The van der Waals surface area contributed by atoms with E-state index in [1.165, 1.54) is 44.3 Å². The van der Waals surface area contributed by atoms with Crippen LogP contribution in [0.2, 0.25) is 0 Å². The Bertz CT molecular complexity index is 469. The molecule has 0 saturated heterocycles. The normalized spacial score (nSPS) is 38.6. The first-order valence-corrected chi connectivity index (χ1v) is 8.32. The van der Waals surface area contributed by atoms with Crippen molar-refractivity contribution in [2.75, 3.05) is 0 Å². The lowest BCUT2D eigenvalue weighted by Crippen LogP contribution is -2.47. The first kappa shape index (κ1) is 12.8. The van der Waals surface area contributed by atoms with Crippen molar-refractivity contribution < 1.29 is 0 Å². The van der Waals surface area contributed by atoms with Gasteiger partial charge in [0.15, 0.2) is 0 Å². The van der Waals surface area contributed by atoms with Crippen molar-refractivity contribution >= 4 is 0 Å². The van der Waals surface area contributed by atoms with Gasteiger partial charge in [-0.3, -0.25) is 0 Å². The van der Waals surface area contributed by atoms with Crippen LogP contribution in [-0.4, -0.2) is 14.8 Å². The molecule has 0 unspecified atom stereocenters. The van der Waals surface area contributed by atoms with Gasteiger partial charge in [0, 0.05) is 13.0 Å². The van der Waals surface area contributed by atoms with E-state index >= 15 is 0 Å². The highest BCUT2D eigenvalue weighted by Crippen LogP contribution is 2.60. The summed E-state index contributed by atoms with van der Waals surface area (Å²) in [5.74, 6) is 5.16. The molecule has 4 fully saturated rings. The van der Waals surface area contributed by atoms with E-state index in [0.29, 0.717) is 12.0 Å². The lowest BCUT2D eigenvalue weighted by Gasteiger charge is -2.56. The topological polar surface area (TPSA) is 56.7 Å². The minimum Gasteiger partial charge on any atom is -0.324 e. The third-order valence-electron chi connectivity index (χ3n) is 6.10. The molecule has 0 aliphatic heterocycles. The number of aromatic nitrogens is 3. The largest absolute Gasteiger partial charge is 0.324 e. The fraction of sp³-hybridized carbons (Fsp3) is 0.875. The summed E-state index contributed by atoms with van der Waals surface area (Å²) in [5, 5.41) is 8.76. The summed E-state index contributed by atoms with van der Waals surface area (Å²) < 4.78 is 2.25. The molecule has 4 nitrogen and oxygen atoms in total. The summed E-state index contributed by atoms with van der Waals surface area (Å²) in [6, 6.07) is 0. The molecule has 20 heavy (non-hydrogen) atoms. The van der Waals surface area contributed by atoms with Crippen LogP contribution in [0.5, 0.6) is 0 Å². The molecule has 5 rings (SSSR count). The van der Waals surface area contributed by atoms with E-state index in [1.807, 2.05) is 0 Å². The van der Waals surface area contributed by atoms with Gasteiger partial charge in [0.25, 0.3) is 0 Å². The van der Waals surface area contributed by atoms with Crippen LogP contribution in [0.25, 0.3) is 0 Å². The highest BCUT2D eigenvalue weighted by atomic mass is 15.3. The molecule has 4 aliphatic carbocycles. The van der Waals surface area contributed by atoms with Gasteiger partial charge in [-0.1, -0.05) is 0 Å². The summed E-state index contributed by atoms with van der Waals surface area (Å²) in [6.45, 7) is 3.62. The molecule has 4 heteroatoms. The summed E-state index contributed by atoms with van der Waals surface area (Å²) in [5.41, 5.74) is 6.32. The monoisotopic (exact) mass is 274 g/mol. The van der Waals surface area contributed by atoms with Gasteiger partial charge in [-0.25, -0.2) is 0 Å². The third kappa shape index (κ3) is 1.92. The van der Waals surface area contributed by atoms with E-state index in [2.05, 4.69) is 21.7 Å². The van der Waals surface area contributed by atoms with Crippen molar-refractivity contribution in [2.45, 2.75) is 65.0 Å². The van der Waals surface area contributed by atoms with Crippen LogP contribution in [0.3, 0.4) is 0 Å². The number of nitrogens with two attached hydrogens (primary N) is 1. The van der Waals surface area contributed by atoms with E-state index in [9.17, 15) is 0 Å². The Hall–Kier alpha value is -0.900. The molecule has 0 spiro atoms. The first-order valence-electron chi connectivity index (χ1n) is 8.32. The number of rotatable bonds is 4. The Morgan fingerprint density at radius 3 is 2.10 bits per heavy atom. The molecule has 4 aliphatic rings. The second-order valence-corrected chi connectivity index (χ2v) is 7.58. The zero-order valence-corrected chi connectivity index (χ0v) is 12.5. The fourth-order valence-corrected chi connectivity index (χ4v) is 5.86. The summed E-state index contributed by atoms with van der Waals surface area (Å²) in [6.07, 6.45) is 9.97. The number of nitrogens with zero attached hydrogens (tertiary/aromatic N) is 3. The van der Waals surface area contributed by atoms with Crippen molar-refractivity contribution in [2.24, 2.45) is 28.9 Å². The van der Waals surface area contributed by atoms with Gasteiger partial charge in [-0.15, -0.1) is 10.2 Å². The minimum atomic E-state index is 0.502. The Morgan fingerprint density at radius 1 is 1.05 bits per heavy atom. The average molecular weight is 274 g/mol. The van der Waals surface area contributed by atoms with E-state index in [1.54, 1.807) is 0 Å². The highest BCUT2D eigenvalue weighted by Gasteiger charge is 2.51. The van der Waals surface area contributed by atoms with Crippen molar-refractivity contribution in [1.82, 2.24) is 14.8 Å². The van der Waals surface area contributed by atoms with Gasteiger partial charge < -0.3 is 10.3 Å². The van der Waals surface area contributed by atoms with Crippen LogP contribution in [0.4, 0.5) is 0 Å². The van der Waals surface area contributed by atoms with Crippen LogP contribution >= 0.6 is 0 Å². The smallest absolute Gasteiger partial charge is 0.146 e. The maximum Gasteiger partial charge on any atom is 0.146 e. The van der Waals surface area contributed by atoms with E-state index < -0.39 is 0 Å². The quantitative estimate of drug-likeness (QED) is 0.918. The molecule has 1 aromatic rings. The van der Waals surface area contributed by atoms with Gasteiger partial charge in [-0.05, 0) is 68.6 Å². The third-order valence-corrected chi connectivity index (χ3v) is 6.10. The zero-order chi connectivity index (χ0) is 13.7. The molecule has 1 heterocycles. The average Bonchev–Trinajstić information content (AvgIpc) is 2.78. The maximum absolute atomic E-state index is 5.78. The summed E-state index contributed by atoms with van der Waals surface area (Å²) in [4.78, 5) is 0. The first-order chi connectivity index (χ1) is 9.71. The van der Waals surface area contributed by atoms with Gasteiger partial charge in [-0.2, -0.15) is 0 Å². The van der Waals surface area contributed by atoms with Crippen molar-refractivity contribution in [3.63, 3.8) is 0 Å². The van der Waals surface area contributed by atoms with E-state index in [0.717, 1.165) is 36.5 Å². The SMILES string of the molecule is CCn1c(CN)nnc1CC12CC3CC(CC(C3)C1)C2. The van der Waals surface area contributed by atoms with E-state index in [4.69, 9.17) is 5.73 Å². The minimum absolute atomic E-state index is 0.502. The van der Waals surface area contributed by atoms with Crippen molar-refractivity contribution in [3.8, 4) is 0 Å². The predicted octanol–water partition coefficient (Wildman–Crippen LogP) is 2.52. The molecule has 0 amide bonds. The zero-order valence-electron chi connectivity index (χ0n) is 12.5. The molecule has 0 aromatic carbocycles. The van der Waals surface area contributed by atoms with Crippen molar-refractivity contribution in [1.29, 1.82) is 0 Å². The molecule has 4 saturated carbocycles. The second kappa shape index (κ2) is 4.55.